The van der Waals surface area contributed by atoms with E-state index in [1.54, 1.807) is 12.1 Å². The standard InChI is InChI=1S/C24H50O6.C8H9NO/c1-3-4-5-6-7-8-9-10-11-12-13-14-15-16-22(28)17-18-29-24(20-26)30-23(19-25)21(2)27;1-6-2-4-7(5-3-6)8(9)10/h21-28H,3-20H2,1-2H3;2-5H,1H3,(H2,9,10). The fourth-order valence-corrected chi connectivity index (χ4v) is 4.23. The molecule has 0 saturated carbocycles. The smallest absolute Gasteiger partial charge is 0.248 e. The molecule has 0 radical (unpaired) electrons. The van der Waals surface area contributed by atoms with Gasteiger partial charge in [0.25, 0.3) is 0 Å². The van der Waals surface area contributed by atoms with Crippen LogP contribution in [0.15, 0.2) is 24.3 Å². The summed E-state index contributed by atoms with van der Waals surface area (Å²) in [6, 6.07) is 7.16. The van der Waals surface area contributed by atoms with Crippen LogP contribution in [0.3, 0.4) is 0 Å². The Morgan fingerprint density at radius 2 is 1.30 bits per heavy atom. The van der Waals surface area contributed by atoms with Gasteiger partial charge >= 0.3 is 0 Å². The summed E-state index contributed by atoms with van der Waals surface area (Å²) >= 11 is 0. The first kappa shape index (κ1) is 38.5. The van der Waals surface area contributed by atoms with Crippen LogP contribution >= 0.6 is 0 Å². The number of ether oxygens (including phenoxy) is 2. The van der Waals surface area contributed by atoms with Crippen LogP contribution in [0.2, 0.25) is 0 Å². The minimum atomic E-state index is -0.903. The number of rotatable bonds is 24. The predicted molar refractivity (Wildman–Crippen MR) is 161 cm³/mol. The van der Waals surface area contributed by atoms with Crippen molar-refractivity contribution >= 4 is 5.91 Å². The molecule has 0 spiro atoms. The highest BCUT2D eigenvalue weighted by atomic mass is 16.7. The zero-order chi connectivity index (χ0) is 30.0. The molecule has 0 fully saturated rings. The van der Waals surface area contributed by atoms with Crippen molar-refractivity contribution < 1.29 is 34.7 Å². The first-order valence-corrected chi connectivity index (χ1v) is 15.5. The van der Waals surface area contributed by atoms with Crippen LogP contribution in [-0.4, -0.2) is 70.8 Å². The van der Waals surface area contributed by atoms with Gasteiger partial charge in [-0.1, -0.05) is 108 Å². The summed E-state index contributed by atoms with van der Waals surface area (Å²) in [5, 5.41) is 37.9. The van der Waals surface area contributed by atoms with Gasteiger partial charge in [-0.05, 0) is 38.8 Å². The van der Waals surface area contributed by atoms with Crippen molar-refractivity contribution in [3.8, 4) is 0 Å². The Kier molecular flexibility index (Phi) is 25.3. The van der Waals surface area contributed by atoms with Crippen molar-refractivity contribution in [1.82, 2.24) is 0 Å². The highest BCUT2D eigenvalue weighted by Gasteiger charge is 2.20. The molecule has 0 bridgehead atoms. The molecule has 0 heterocycles. The van der Waals surface area contributed by atoms with Crippen molar-refractivity contribution in [3.63, 3.8) is 0 Å². The lowest BCUT2D eigenvalue weighted by Gasteiger charge is -2.24. The van der Waals surface area contributed by atoms with E-state index in [0.717, 1.165) is 24.8 Å². The Labute approximate surface area is 243 Å². The Bertz CT molecular complexity index is 699. The second-order valence-corrected chi connectivity index (χ2v) is 10.8. The van der Waals surface area contributed by atoms with Gasteiger partial charge in [0, 0.05) is 5.56 Å². The monoisotopic (exact) mass is 569 g/mol. The molecular formula is C32H59NO7. The van der Waals surface area contributed by atoms with Crippen LogP contribution in [0.4, 0.5) is 0 Å². The first-order chi connectivity index (χ1) is 19.2. The number of nitrogens with two attached hydrogens (primary N) is 1. The maximum Gasteiger partial charge on any atom is 0.248 e. The fourth-order valence-electron chi connectivity index (χ4n) is 4.23. The summed E-state index contributed by atoms with van der Waals surface area (Å²) in [4.78, 5) is 10.5. The van der Waals surface area contributed by atoms with E-state index in [2.05, 4.69) is 6.92 Å². The summed E-state index contributed by atoms with van der Waals surface area (Å²) in [5.41, 5.74) is 6.72. The van der Waals surface area contributed by atoms with E-state index in [0.29, 0.717) is 12.0 Å². The largest absolute Gasteiger partial charge is 0.394 e. The van der Waals surface area contributed by atoms with E-state index in [1.807, 2.05) is 19.1 Å². The molecule has 0 aliphatic carbocycles. The number of carbonyl (C=O) groups is 1. The molecule has 1 rings (SSSR count). The average Bonchev–Trinajstić information content (AvgIpc) is 2.93. The van der Waals surface area contributed by atoms with Gasteiger partial charge in [0.15, 0.2) is 6.29 Å². The molecule has 0 saturated heterocycles. The average molecular weight is 570 g/mol. The van der Waals surface area contributed by atoms with Crippen LogP contribution in [0.25, 0.3) is 0 Å². The van der Waals surface area contributed by atoms with Crippen LogP contribution in [0.5, 0.6) is 0 Å². The molecule has 0 aliphatic heterocycles. The SMILES string of the molecule is CCCCCCCCCCCCCCCC(O)CCOC(CO)OC(CO)C(C)O.Cc1ccc(C(N)=O)cc1. The van der Waals surface area contributed by atoms with Gasteiger partial charge in [0.05, 0.1) is 32.0 Å². The second-order valence-electron chi connectivity index (χ2n) is 10.8. The molecule has 8 nitrogen and oxygen atoms in total. The van der Waals surface area contributed by atoms with Crippen molar-refractivity contribution in [1.29, 1.82) is 0 Å². The number of primary amides is 1. The van der Waals surface area contributed by atoms with Gasteiger partial charge in [-0.25, -0.2) is 0 Å². The number of unbranched alkanes of at least 4 members (excludes halogenated alkanes) is 12. The summed E-state index contributed by atoms with van der Waals surface area (Å²) in [5.74, 6) is -0.375. The zero-order valence-electron chi connectivity index (χ0n) is 25.4. The van der Waals surface area contributed by atoms with Crippen LogP contribution in [-0.2, 0) is 9.47 Å². The zero-order valence-corrected chi connectivity index (χ0v) is 25.4. The molecule has 6 N–H and O–H groups in total. The minimum Gasteiger partial charge on any atom is -0.394 e. The second kappa shape index (κ2) is 26.4. The number of aryl methyl sites for hydroxylation is 1. The summed E-state index contributed by atoms with van der Waals surface area (Å²) in [7, 11) is 0. The molecule has 0 aromatic heterocycles. The van der Waals surface area contributed by atoms with E-state index in [9.17, 15) is 20.1 Å². The summed E-state index contributed by atoms with van der Waals surface area (Å²) in [6.07, 6.45) is 15.3. The molecule has 1 aromatic carbocycles. The Morgan fingerprint density at radius 3 is 1.73 bits per heavy atom. The van der Waals surface area contributed by atoms with Crippen LogP contribution < -0.4 is 5.73 Å². The van der Waals surface area contributed by atoms with Crippen molar-refractivity contribution in [2.24, 2.45) is 5.73 Å². The highest BCUT2D eigenvalue weighted by molar-refractivity contribution is 5.92. The Morgan fingerprint density at radius 1 is 0.800 bits per heavy atom. The minimum absolute atomic E-state index is 0.267. The maximum atomic E-state index is 10.5. The summed E-state index contributed by atoms with van der Waals surface area (Å²) < 4.78 is 10.7. The lowest BCUT2D eigenvalue weighted by Crippen LogP contribution is -2.37. The van der Waals surface area contributed by atoms with Gasteiger partial charge < -0.3 is 35.6 Å². The molecule has 1 amide bonds. The van der Waals surface area contributed by atoms with E-state index in [-0.39, 0.29) is 25.7 Å². The number of benzene rings is 1. The number of hydrogen-bond donors (Lipinski definition) is 5. The number of carbonyl (C=O) groups excluding carboxylic acids is 1. The molecule has 234 valence electrons. The quantitative estimate of drug-likeness (QED) is 0.0828. The van der Waals surface area contributed by atoms with E-state index in [4.69, 9.17) is 20.3 Å². The van der Waals surface area contributed by atoms with E-state index in [1.165, 1.54) is 77.6 Å². The van der Waals surface area contributed by atoms with Gasteiger partial charge in [0.1, 0.15) is 6.10 Å². The third-order valence-electron chi connectivity index (χ3n) is 6.93. The Balaban J connectivity index is 0.00000126. The maximum absolute atomic E-state index is 10.5. The fraction of sp³-hybridized carbons (Fsp3) is 0.781. The normalized spacial score (nSPS) is 14.2. The summed E-state index contributed by atoms with van der Waals surface area (Å²) in [6.45, 7) is 5.29. The van der Waals surface area contributed by atoms with Crippen LogP contribution in [0, 0.1) is 6.92 Å². The number of aliphatic hydroxyl groups excluding tert-OH is 4. The predicted octanol–water partition coefficient (Wildman–Crippen LogP) is 5.41. The van der Waals surface area contributed by atoms with Gasteiger partial charge in [-0.3, -0.25) is 4.79 Å². The lowest BCUT2D eigenvalue weighted by molar-refractivity contribution is -0.213. The number of hydrogen-bond acceptors (Lipinski definition) is 7. The number of aliphatic hydroxyl groups is 4. The van der Waals surface area contributed by atoms with Crippen molar-refractivity contribution in [3.05, 3.63) is 35.4 Å². The third kappa shape index (κ3) is 22.2. The molecule has 4 atom stereocenters. The molecular weight excluding hydrogens is 510 g/mol. The van der Waals surface area contributed by atoms with Crippen LogP contribution in [0.1, 0.15) is 126 Å². The van der Waals surface area contributed by atoms with Crippen molar-refractivity contribution in [2.75, 3.05) is 19.8 Å². The topological polar surface area (TPSA) is 142 Å². The van der Waals surface area contributed by atoms with Gasteiger partial charge in [0.2, 0.25) is 5.91 Å². The molecule has 8 heteroatoms. The van der Waals surface area contributed by atoms with E-state index >= 15 is 0 Å². The molecule has 0 aliphatic rings. The molecule has 40 heavy (non-hydrogen) atoms. The molecule has 1 aromatic rings. The third-order valence-corrected chi connectivity index (χ3v) is 6.93. The first-order valence-electron chi connectivity index (χ1n) is 15.5. The molecule has 4 unspecified atom stereocenters. The van der Waals surface area contributed by atoms with Gasteiger partial charge in [-0.2, -0.15) is 0 Å². The lowest BCUT2D eigenvalue weighted by atomic mass is 10.0. The highest BCUT2D eigenvalue weighted by Crippen LogP contribution is 2.14. The Hall–Kier alpha value is -1.55. The van der Waals surface area contributed by atoms with E-state index < -0.39 is 24.6 Å². The van der Waals surface area contributed by atoms with Gasteiger partial charge in [-0.15, -0.1) is 0 Å². The van der Waals surface area contributed by atoms with Crippen molar-refractivity contribution in [2.45, 2.75) is 142 Å². The number of amides is 1.